The minimum absolute atomic E-state index is 0.467. The van der Waals surface area contributed by atoms with Crippen LogP contribution in [0, 0.1) is 5.92 Å². The number of piperazine rings is 1. The molecule has 2 atom stereocenters. The van der Waals surface area contributed by atoms with Crippen molar-refractivity contribution in [3.05, 3.63) is 35.9 Å². The third kappa shape index (κ3) is 4.30. The van der Waals surface area contributed by atoms with Crippen molar-refractivity contribution in [2.45, 2.75) is 32.4 Å². The molecule has 1 aliphatic heterocycles. The molecule has 1 N–H and O–H groups in total. The van der Waals surface area contributed by atoms with Crippen LogP contribution in [0.25, 0.3) is 0 Å². The monoisotopic (exact) mass is 276 g/mol. The van der Waals surface area contributed by atoms with E-state index in [4.69, 9.17) is 4.74 Å². The van der Waals surface area contributed by atoms with Crippen LogP contribution in [0.3, 0.4) is 0 Å². The molecule has 20 heavy (non-hydrogen) atoms. The van der Waals surface area contributed by atoms with Gasteiger partial charge in [-0.15, -0.1) is 0 Å². The van der Waals surface area contributed by atoms with Crippen LogP contribution in [0.4, 0.5) is 0 Å². The van der Waals surface area contributed by atoms with E-state index >= 15 is 0 Å². The SMILES string of the molecule is COCCN1CC(CC(C)C)NCC1c1ccccc1. The normalized spacial score (nSPS) is 24.2. The lowest BCUT2D eigenvalue weighted by Crippen LogP contribution is -2.53. The average molecular weight is 276 g/mol. The fourth-order valence-corrected chi connectivity index (χ4v) is 3.07. The standard InChI is InChI=1S/C17H28N2O/c1-14(2)11-16-13-19(9-10-20-3)17(12-18-16)15-7-5-4-6-8-15/h4-8,14,16-18H,9-13H2,1-3H3. The van der Waals surface area contributed by atoms with E-state index in [9.17, 15) is 0 Å². The molecule has 0 aromatic heterocycles. The molecule has 1 heterocycles. The molecule has 1 aromatic carbocycles. The Balaban J connectivity index is 2.03. The smallest absolute Gasteiger partial charge is 0.0589 e. The highest BCUT2D eigenvalue weighted by Gasteiger charge is 2.28. The number of benzene rings is 1. The summed E-state index contributed by atoms with van der Waals surface area (Å²) in [5, 5.41) is 3.72. The van der Waals surface area contributed by atoms with Gasteiger partial charge in [-0.25, -0.2) is 0 Å². The van der Waals surface area contributed by atoms with Crippen LogP contribution in [0.1, 0.15) is 31.9 Å². The van der Waals surface area contributed by atoms with Crippen molar-refractivity contribution in [3.63, 3.8) is 0 Å². The van der Waals surface area contributed by atoms with Gasteiger partial charge in [-0.3, -0.25) is 4.90 Å². The van der Waals surface area contributed by atoms with Gasteiger partial charge in [0, 0.05) is 38.8 Å². The zero-order valence-electron chi connectivity index (χ0n) is 13.0. The second kappa shape index (κ2) is 7.77. The summed E-state index contributed by atoms with van der Waals surface area (Å²) in [6.45, 7) is 8.55. The Morgan fingerprint density at radius 3 is 2.70 bits per heavy atom. The lowest BCUT2D eigenvalue weighted by atomic mass is 9.96. The molecule has 112 valence electrons. The van der Waals surface area contributed by atoms with Crippen LogP contribution >= 0.6 is 0 Å². The molecular weight excluding hydrogens is 248 g/mol. The first-order valence-corrected chi connectivity index (χ1v) is 7.72. The number of rotatable bonds is 6. The molecule has 1 aliphatic rings. The van der Waals surface area contributed by atoms with Gasteiger partial charge in [-0.05, 0) is 17.9 Å². The number of hydrogen-bond acceptors (Lipinski definition) is 3. The van der Waals surface area contributed by atoms with Crippen molar-refractivity contribution < 1.29 is 4.74 Å². The van der Waals surface area contributed by atoms with Crippen LogP contribution < -0.4 is 5.32 Å². The summed E-state index contributed by atoms with van der Waals surface area (Å²) in [4.78, 5) is 2.57. The lowest BCUT2D eigenvalue weighted by Gasteiger charge is -2.41. The Morgan fingerprint density at radius 1 is 1.30 bits per heavy atom. The van der Waals surface area contributed by atoms with E-state index in [-0.39, 0.29) is 0 Å². The fraction of sp³-hybridized carbons (Fsp3) is 0.647. The summed E-state index contributed by atoms with van der Waals surface area (Å²) in [6, 6.07) is 11.9. The van der Waals surface area contributed by atoms with Gasteiger partial charge in [0.15, 0.2) is 0 Å². The van der Waals surface area contributed by atoms with Gasteiger partial charge >= 0.3 is 0 Å². The molecule has 0 radical (unpaired) electrons. The van der Waals surface area contributed by atoms with E-state index in [1.807, 2.05) is 0 Å². The Bertz CT molecular complexity index is 380. The van der Waals surface area contributed by atoms with Gasteiger partial charge in [0.1, 0.15) is 0 Å². The van der Waals surface area contributed by atoms with E-state index in [2.05, 4.69) is 54.4 Å². The minimum atomic E-state index is 0.467. The Labute approximate surface area is 123 Å². The molecule has 3 nitrogen and oxygen atoms in total. The molecule has 0 aliphatic carbocycles. The summed E-state index contributed by atoms with van der Waals surface area (Å²) < 4.78 is 5.28. The van der Waals surface area contributed by atoms with Gasteiger partial charge in [0.05, 0.1) is 6.61 Å². The Hall–Kier alpha value is -0.900. The third-order valence-electron chi connectivity index (χ3n) is 4.02. The predicted octanol–water partition coefficient (Wildman–Crippen LogP) is 2.69. The number of hydrogen-bond donors (Lipinski definition) is 1. The number of ether oxygens (including phenoxy) is 1. The highest BCUT2D eigenvalue weighted by atomic mass is 16.5. The maximum atomic E-state index is 5.28. The van der Waals surface area contributed by atoms with Crippen molar-refractivity contribution >= 4 is 0 Å². The first kappa shape index (κ1) is 15.5. The van der Waals surface area contributed by atoms with E-state index in [1.54, 1.807) is 7.11 Å². The molecule has 3 heteroatoms. The number of nitrogens with zero attached hydrogens (tertiary/aromatic N) is 1. The number of nitrogens with one attached hydrogen (secondary N) is 1. The molecule has 1 saturated heterocycles. The van der Waals surface area contributed by atoms with E-state index in [0.29, 0.717) is 12.1 Å². The Kier molecular flexibility index (Phi) is 6.02. The van der Waals surface area contributed by atoms with Crippen molar-refractivity contribution in [1.29, 1.82) is 0 Å². The van der Waals surface area contributed by atoms with Crippen LogP contribution in [0.5, 0.6) is 0 Å². The molecule has 2 rings (SSSR count). The summed E-state index contributed by atoms with van der Waals surface area (Å²) >= 11 is 0. The molecule has 0 saturated carbocycles. The summed E-state index contributed by atoms with van der Waals surface area (Å²) in [5.41, 5.74) is 1.40. The van der Waals surface area contributed by atoms with Crippen molar-refractivity contribution in [1.82, 2.24) is 10.2 Å². The highest BCUT2D eigenvalue weighted by Crippen LogP contribution is 2.24. The van der Waals surface area contributed by atoms with E-state index in [0.717, 1.165) is 32.2 Å². The summed E-state index contributed by atoms with van der Waals surface area (Å²) in [6.07, 6.45) is 1.24. The largest absolute Gasteiger partial charge is 0.383 e. The zero-order chi connectivity index (χ0) is 14.4. The van der Waals surface area contributed by atoms with Crippen molar-refractivity contribution in [2.24, 2.45) is 5.92 Å². The second-order valence-corrected chi connectivity index (χ2v) is 6.15. The van der Waals surface area contributed by atoms with Gasteiger partial charge in [-0.2, -0.15) is 0 Å². The Morgan fingerprint density at radius 2 is 2.05 bits per heavy atom. The van der Waals surface area contributed by atoms with Crippen molar-refractivity contribution in [3.8, 4) is 0 Å². The topological polar surface area (TPSA) is 24.5 Å². The van der Waals surface area contributed by atoms with Crippen LogP contribution in [0.2, 0.25) is 0 Å². The maximum Gasteiger partial charge on any atom is 0.0589 e. The lowest BCUT2D eigenvalue weighted by molar-refractivity contribution is 0.0818. The first-order chi connectivity index (χ1) is 9.70. The summed E-state index contributed by atoms with van der Waals surface area (Å²) in [5.74, 6) is 0.741. The molecule has 0 bridgehead atoms. The molecule has 0 spiro atoms. The molecule has 1 aromatic rings. The third-order valence-corrected chi connectivity index (χ3v) is 4.02. The van der Waals surface area contributed by atoms with Crippen LogP contribution in [-0.4, -0.2) is 44.3 Å². The van der Waals surface area contributed by atoms with Crippen LogP contribution in [0.15, 0.2) is 30.3 Å². The summed E-state index contributed by atoms with van der Waals surface area (Å²) in [7, 11) is 1.78. The first-order valence-electron chi connectivity index (χ1n) is 7.72. The van der Waals surface area contributed by atoms with Gasteiger partial charge in [-0.1, -0.05) is 44.2 Å². The van der Waals surface area contributed by atoms with Gasteiger partial charge in [0.25, 0.3) is 0 Å². The second-order valence-electron chi connectivity index (χ2n) is 6.15. The zero-order valence-corrected chi connectivity index (χ0v) is 13.0. The fourth-order valence-electron chi connectivity index (χ4n) is 3.07. The molecule has 1 fully saturated rings. The van der Waals surface area contributed by atoms with Gasteiger partial charge in [0.2, 0.25) is 0 Å². The molecule has 0 amide bonds. The quantitative estimate of drug-likeness (QED) is 0.864. The number of methoxy groups -OCH3 is 1. The van der Waals surface area contributed by atoms with E-state index < -0.39 is 0 Å². The predicted molar refractivity (Wildman–Crippen MR) is 83.9 cm³/mol. The van der Waals surface area contributed by atoms with E-state index in [1.165, 1.54) is 12.0 Å². The highest BCUT2D eigenvalue weighted by molar-refractivity contribution is 5.20. The van der Waals surface area contributed by atoms with Crippen LogP contribution in [-0.2, 0) is 4.74 Å². The molecular formula is C17H28N2O. The average Bonchev–Trinajstić information content (AvgIpc) is 2.45. The minimum Gasteiger partial charge on any atom is -0.383 e. The van der Waals surface area contributed by atoms with Gasteiger partial charge < -0.3 is 10.1 Å². The molecule has 2 unspecified atom stereocenters. The maximum absolute atomic E-state index is 5.28. The van der Waals surface area contributed by atoms with Crippen molar-refractivity contribution in [2.75, 3.05) is 33.4 Å².